The first-order valence-corrected chi connectivity index (χ1v) is 21.8. The average Bonchev–Trinajstić information content (AvgIpc) is 3.80. The van der Waals surface area contributed by atoms with Crippen LogP contribution in [0.4, 0.5) is 15.5 Å². The summed E-state index contributed by atoms with van der Waals surface area (Å²) in [5.41, 5.74) is 2.83. The third-order valence-corrected chi connectivity index (χ3v) is 14.0. The molecular formula is C41H50FN5O5Si. The number of aryl methyl sites for hydroxylation is 1. The second-order valence-corrected chi connectivity index (χ2v) is 19.1. The van der Waals surface area contributed by atoms with E-state index in [0.717, 1.165) is 42.5 Å². The predicted octanol–water partition coefficient (Wildman–Crippen LogP) is 7.12. The number of methoxy groups -OCH3 is 1. The number of carbonyl (C=O) groups excluding carboxylic acids is 2. The second-order valence-electron chi connectivity index (χ2n) is 15.3. The van der Waals surface area contributed by atoms with Gasteiger partial charge in [-0.3, -0.25) is 14.3 Å². The van der Waals surface area contributed by atoms with Gasteiger partial charge in [0.15, 0.2) is 5.60 Å². The molecule has 1 spiro atoms. The van der Waals surface area contributed by atoms with Crippen molar-refractivity contribution in [3.63, 3.8) is 0 Å². The standard InChI is InChI=1S/C41H50FN5O5Si/c1-28-39(53(3,4)42)37(20-22-45-26-35(43-44-45)33(27-48)30-14-8-7-9-15-30)52-41(28)34-24-32(51-2)18-19-36(34)47(40(41)50)25-29-13-12-16-31(23-29)46-21-11-6-5-10-17-38(46)49/h7-9,12-16,18-19,23-24,26,28,33,37,39,48H,5-6,10-11,17,20-22,25,27H2,1-4H3/t28-,33?,37+,39-,41+/m0/s1. The lowest BCUT2D eigenvalue weighted by Crippen LogP contribution is -2.45. The van der Waals surface area contributed by atoms with Crippen molar-refractivity contribution >= 4 is 31.6 Å². The molecule has 10 nitrogen and oxygen atoms in total. The number of aliphatic hydroxyl groups is 1. The molecule has 1 N–H and O–H groups in total. The van der Waals surface area contributed by atoms with E-state index in [1.165, 1.54) is 0 Å². The van der Waals surface area contributed by atoms with Gasteiger partial charge in [-0.15, -0.1) is 5.10 Å². The van der Waals surface area contributed by atoms with Crippen LogP contribution in [0.5, 0.6) is 5.75 Å². The van der Waals surface area contributed by atoms with E-state index in [2.05, 4.69) is 10.3 Å². The van der Waals surface area contributed by atoms with E-state index in [9.17, 15) is 14.7 Å². The number of aromatic nitrogens is 3. The van der Waals surface area contributed by atoms with Crippen molar-refractivity contribution in [2.45, 2.75) is 94.8 Å². The number of amides is 2. The van der Waals surface area contributed by atoms with E-state index in [1.54, 1.807) is 29.8 Å². The highest BCUT2D eigenvalue weighted by Crippen LogP contribution is 2.60. The normalized spacial score (nSPS) is 24.0. The van der Waals surface area contributed by atoms with E-state index >= 15 is 4.11 Å². The molecule has 0 bridgehead atoms. The Labute approximate surface area is 312 Å². The first kappa shape index (κ1) is 36.9. The molecule has 53 heavy (non-hydrogen) atoms. The van der Waals surface area contributed by atoms with Crippen LogP contribution in [0.1, 0.15) is 73.8 Å². The lowest BCUT2D eigenvalue weighted by molar-refractivity contribution is -0.146. The number of nitrogens with zero attached hydrogens (tertiary/aromatic N) is 5. The highest BCUT2D eigenvalue weighted by atomic mass is 28.4. The van der Waals surface area contributed by atoms with Crippen molar-refractivity contribution in [2.75, 3.05) is 30.1 Å². The Hall–Kier alpha value is -4.39. The Bertz CT molecular complexity index is 1930. The number of benzene rings is 3. The SMILES string of the molecule is COc1ccc2c(c1)[C@@]1(O[C@H](CCn3cc(C(CO)c4ccccc4)nn3)[C@@H]([Si](C)(C)F)[C@@H]1C)C(=O)N2Cc1cccc(N2CCCCCCC2=O)c1. The molecule has 0 aliphatic carbocycles. The van der Waals surface area contributed by atoms with Crippen LogP contribution in [0.3, 0.4) is 0 Å². The molecule has 1 unspecified atom stereocenters. The molecule has 3 aliphatic heterocycles. The van der Waals surface area contributed by atoms with Gasteiger partial charge in [-0.1, -0.05) is 67.4 Å². The van der Waals surface area contributed by atoms with Gasteiger partial charge in [-0.05, 0) is 73.8 Å². The summed E-state index contributed by atoms with van der Waals surface area (Å²) in [5.74, 6) is -0.274. The lowest BCUT2D eigenvalue weighted by Gasteiger charge is -2.31. The summed E-state index contributed by atoms with van der Waals surface area (Å²) in [6.07, 6.45) is 6.26. The van der Waals surface area contributed by atoms with Gasteiger partial charge in [-0.2, -0.15) is 0 Å². The van der Waals surface area contributed by atoms with E-state index in [1.807, 2.05) is 90.8 Å². The van der Waals surface area contributed by atoms with Gasteiger partial charge in [0.25, 0.3) is 5.91 Å². The molecule has 4 heterocycles. The minimum Gasteiger partial charge on any atom is -0.497 e. The highest BCUT2D eigenvalue weighted by Gasteiger charge is 2.66. The summed E-state index contributed by atoms with van der Waals surface area (Å²) in [5, 5.41) is 18.9. The largest absolute Gasteiger partial charge is 0.497 e. The fourth-order valence-corrected chi connectivity index (χ4v) is 11.5. The lowest BCUT2D eigenvalue weighted by atomic mass is 9.82. The summed E-state index contributed by atoms with van der Waals surface area (Å²) in [6, 6.07) is 23.2. The molecule has 12 heteroatoms. The van der Waals surface area contributed by atoms with Crippen LogP contribution in [-0.4, -0.2) is 66.7 Å². The van der Waals surface area contributed by atoms with Gasteiger partial charge < -0.3 is 28.5 Å². The van der Waals surface area contributed by atoms with Crippen LogP contribution >= 0.6 is 0 Å². The van der Waals surface area contributed by atoms with Crippen molar-refractivity contribution in [1.29, 1.82) is 0 Å². The zero-order chi connectivity index (χ0) is 37.3. The summed E-state index contributed by atoms with van der Waals surface area (Å²) < 4.78 is 30.9. The number of fused-ring (bicyclic) bond motifs is 2. The molecule has 0 radical (unpaired) electrons. The first-order chi connectivity index (χ1) is 25.5. The smallest absolute Gasteiger partial charge is 0.264 e. The van der Waals surface area contributed by atoms with Gasteiger partial charge in [0.2, 0.25) is 14.3 Å². The van der Waals surface area contributed by atoms with E-state index < -0.39 is 31.6 Å². The van der Waals surface area contributed by atoms with Gasteiger partial charge in [0, 0.05) is 48.4 Å². The minimum absolute atomic E-state index is 0.111. The second kappa shape index (κ2) is 15.2. The van der Waals surface area contributed by atoms with Gasteiger partial charge in [0.05, 0.1) is 43.7 Å². The van der Waals surface area contributed by atoms with Crippen molar-refractivity contribution in [3.8, 4) is 5.75 Å². The average molecular weight is 740 g/mol. The molecule has 2 fully saturated rings. The van der Waals surface area contributed by atoms with Crippen LogP contribution in [0.15, 0.2) is 79.0 Å². The predicted molar refractivity (Wildman–Crippen MR) is 204 cm³/mol. The Balaban J connectivity index is 1.18. The third kappa shape index (κ3) is 7.04. The number of rotatable bonds is 11. The number of ether oxygens (including phenoxy) is 2. The van der Waals surface area contributed by atoms with E-state index in [-0.39, 0.29) is 30.9 Å². The minimum atomic E-state index is -3.40. The van der Waals surface area contributed by atoms with E-state index in [4.69, 9.17) is 9.47 Å². The number of carbonyl (C=O) groups is 2. The summed E-state index contributed by atoms with van der Waals surface area (Å²) in [7, 11) is -1.81. The molecule has 3 aromatic carbocycles. The number of hydrogen-bond acceptors (Lipinski definition) is 7. The van der Waals surface area contributed by atoms with Crippen molar-refractivity contribution in [2.24, 2.45) is 5.92 Å². The molecule has 4 aromatic rings. The molecule has 280 valence electrons. The maximum atomic E-state index is 16.5. The molecule has 1 aromatic heterocycles. The van der Waals surface area contributed by atoms with Crippen LogP contribution in [-0.2, 0) is 33.0 Å². The van der Waals surface area contributed by atoms with Gasteiger partial charge >= 0.3 is 0 Å². The molecule has 3 aliphatic rings. The zero-order valence-corrected chi connectivity index (χ0v) is 32.1. The maximum Gasteiger partial charge on any atom is 0.264 e. The maximum absolute atomic E-state index is 16.5. The fraction of sp³-hybridized carbons (Fsp3) is 0.463. The fourth-order valence-electron chi connectivity index (χ4n) is 8.91. The first-order valence-electron chi connectivity index (χ1n) is 18.9. The number of anilines is 2. The molecular weight excluding hydrogens is 690 g/mol. The topological polar surface area (TPSA) is 110 Å². The summed E-state index contributed by atoms with van der Waals surface area (Å²) in [6.45, 7) is 6.59. The van der Waals surface area contributed by atoms with Gasteiger partial charge in [0.1, 0.15) is 5.75 Å². The molecule has 2 saturated heterocycles. The van der Waals surface area contributed by atoms with Crippen LogP contribution in [0.2, 0.25) is 18.6 Å². The number of hydrogen-bond donors (Lipinski definition) is 1. The van der Waals surface area contributed by atoms with Crippen LogP contribution in [0.25, 0.3) is 0 Å². The van der Waals surface area contributed by atoms with Crippen molar-refractivity contribution < 1.29 is 28.3 Å². The Morgan fingerprint density at radius 3 is 2.58 bits per heavy atom. The molecule has 5 atom stereocenters. The highest BCUT2D eigenvalue weighted by molar-refractivity contribution is 6.72. The third-order valence-electron chi connectivity index (χ3n) is 11.5. The van der Waals surface area contributed by atoms with E-state index in [0.29, 0.717) is 48.6 Å². The monoisotopic (exact) mass is 739 g/mol. The quantitative estimate of drug-likeness (QED) is 0.129. The summed E-state index contributed by atoms with van der Waals surface area (Å²) in [4.78, 5) is 31.7. The Kier molecular flexibility index (Phi) is 10.6. The number of aliphatic hydroxyl groups excluding tert-OH is 1. The van der Waals surface area contributed by atoms with Crippen LogP contribution < -0.4 is 14.5 Å². The van der Waals surface area contributed by atoms with Crippen molar-refractivity contribution in [3.05, 3.63) is 101 Å². The van der Waals surface area contributed by atoms with Crippen molar-refractivity contribution in [1.82, 2.24) is 15.0 Å². The Morgan fingerprint density at radius 2 is 1.83 bits per heavy atom. The Morgan fingerprint density at radius 1 is 1.04 bits per heavy atom. The summed E-state index contributed by atoms with van der Waals surface area (Å²) >= 11 is 0. The molecule has 7 rings (SSSR count). The zero-order valence-electron chi connectivity index (χ0n) is 31.1. The molecule has 0 saturated carbocycles. The van der Waals surface area contributed by atoms with Gasteiger partial charge in [-0.25, -0.2) is 0 Å². The van der Waals surface area contributed by atoms with Crippen LogP contribution in [0, 0.1) is 5.92 Å². The number of halogens is 1. The molecule has 2 amide bonds.